The summed E-state index contributed by atoms with van der Waals surface area (Å²) in [7, 11) is 0. The molecule has 0 bridgehead atoms. The number of nitrogens with zero attached hydrogens (tertiary/aromatic N) is 9. The second-order valence-corrected chi connectivity index (χ2v) is 21.6. The minimum atomic E-state index is -5.19. The van der Waals surface area contributed by atoms with Crippen LogP contribution in [0.3, 0.4) is 0 Å². The second-order valence-electron chi connectivity index (χ2n) is 21.6. The Bertz CT molecular complexity index is 5230. The Morgan fingerprint density at radius 2 is 0.711 bits per heavy atom. The lowest BCUT2D eigenvalue weighted by molar-refractivity contribution is -0.142. The molecule has 9 nitrogen and oxygen atoms in total. The average molecular weight is 1180 g/mol. The van der Waals surface area contributed by atoms with E-state index in [2.05, 4.69) is 10.6 Å². The van der Waals surface area contributed by atoms with E-state index in [4.69, 9.17) is 29.9 Å². The number of para-hydroxylation sites is 2. The highest BCUT2D eigenvalue weighted by molar-refractivity contribution is 6.12. The molecule has 0 spiro atoms. The largest absolute Gasteiger partial charge is 0.417 e. The molecule has 0 aliphatic carbocycles. The molecule has 0 unspecified atom stereocenters. The molecule has 4 aromatic heterocycles. The van der Waals surface area contributed by atoms with Gasteiger partial charge in [-0.2, -0.15) is 31.6 Å². The summed E-state index contributed by atoms with van der Waals surface area (Å²) in [4.78, 5) is 29.8. The van der Waals surface area contributed by atoms with Gasteiger partial charge in [-0.15, -0.1) is 0 Å². The molecule has 0 radical (unpaired) electrons. The van der Waals surface area contributed by atoms with Crippen molar-refractivity contribution in [2.75, 3.05) is 0 Å². The molecule has 0 N–H and O–H groups in total. The van der Waals surface area contributed by atoms with Gasteiger partial charge in [0.15, 0.2) is 34.9 Å². The number of fused-ring (bicyclic) bond motifs is 6. The van der Waals surface area contributed by atoms with Crippen molar-refractivity contribution in [1.82, 2.24) is 39.0 Å². The highest BCUT2D eigenvalue weighted by atomic mass is 19.4. The van der Waals surface area contributed by atoms with Gasteiger partial charge in [0.2, 0.25) is 0 Å². The summed E-state index contributed by atoms with van der Waals surface area (Å²) < 4.78 is 92.2. The van der Waals surface area contributed by atoms with E-state index < -0.39 is 29.0 Å². The predicted molar refractivity (Wildman–Crippen MR) is 340 cm³/mol. The predicted octanol–water partition coefficient (Wildman–Crippen LogP) is 19.5. The molecule has 4 heterocycles. The fourth-order valence-corrected chi connectivity index (χ4v) is 11.9. The molecule has 15 rings (SSSR count). The van der Waals surface area contributed by atoms with Gasteiger partial charge in [0.25, 0.3) is 0 Å². The zero-order valence-corrected chi connectivity index (χ0v) is 47.1. The summed E-state index contributed by atoms with van der Waals surface area (Å²) in [6.07, 6.45) is -10.2. The molecule has 0 atom stereocenters. The summed E-state index contributed by atoms with van der Waals surface area (Å²) in [5.41, 5.74) is 6.16. The number of rotatable bonds is 10. The highest BCUT2D eigenvalue weighted by Gasteiger charge is 2.39. The van der Waals surface area contributed by atoms with Crippen LogP contribution in [-0.4, -0.2) is 39.0 Å². The van der Waals surface area contributed by atoms with Crippen molar-refractivity contribution in [1.29, 1.82) is 5.26 Å². The molecule has 0 aliphatic rings. The number of hydrogen-bond donors (Lipinski definition) is 0. The van der Waals surface area contributed by atoms with Gasteiger partial charge in [-0.3, -0.25) is 0 Å². The number of alkyl halides is 6. The third-order valence-electron chi connectivity index (χ3n) is 16.1. The molecular formula is C75H43F6N9. The van der Waals surface area contributed by atoms with Gasteiger partial charge in [0.1, 0.15) is 0 Å². The van der Waals surface area contributed by atoms with Gasteiger partial charge in [0, 0.05) is 71.7 Å². The van der Waals surface area contributed by atoms with Crippen LogP contribution < -0.4 is 0 Å². The van der Waals surface area contributed by atoms with E-state index >= 15 is 13.2 Å². The molecular weight excluding hydrogens is 1140 g/mol. The van der Waals surface area contributed by atoms with Crippen molar-refractivity contribution in [3.05, 3.63) is 278 Å². The summed E-state index contributed by atoms with van der Waals surface area (Å²) >= 11 is 0. The van der Waals surface area contributed by atoms with Crippen molar-refractivity contribution in [3.63, 3.8) is 0 Å². The Morgan fingerprint density at radius 3 is 1.17 bits per heavy atom. The average Bonchev–Trinajstić information content (AvgIpc) is 1.55. The first kappa shape index (κ1) is 54.7. The van der Waals surface area contributed by atoms with Crippen LogP contribution in [0.1, 0.15) is 16.7 Å². The van der Waals surface area contributed by atoms with Crippen LogP contribution in [0.15, 0.2) is 261 Å². The van der Waals surface area contributed by atoms with Gasteiger partial charge in [-0.1, -0.05) is 170 Å². The lowest BCUT2D eigenvalue weighted by atomic mass is 9.91. The normalized spacial score (nSPS) is 11.9. The minimum Gasteiger partial charge on any atom is -0.309 e. The van der Waals surface area contributed by atoms with Gasteiger partial charge in [0.05, 0.1) is 50.5 Å². The minimum absolute atomic E-state index is 0.0287. The third kappa shape index (κ3) is 9.82. The highest BCUT2D eigenvalue weighted by Crippen LogP contribution is 2.46. The number of aromatic nitrogens is 8. The summed E-state index contributed by atoms with van der Waals surface area (Å²) in [5.74, 6) is 2.83. The number of benzene rings is 11. The fourth-order valence-electron chi connectivity index (χ4n) is 11.9. The third-order valence-corrected chi connectivity index (χ3v) is 16.1. The van der Waals surface area contributed by atoms with Gasteiger partial charge < -0.3 is 9.13 Å². The summed E-state index contributed by atoms with van der Waals surface area (Å²) in [6, 6.07) is 80.1. The van der Waals surface area contributed by atoms with Crippen LogP contribution in [0, 0.1) is 11.3 Å². The lowest BCUT2D eigenvalue weighted by Gasteiger charge is -2.20. The van der Waals surface area contributed by atoms with E-state index in [1.54, 1.807) is 12.1 Å². The topological polar surface area (TPSA) is 111 Å². The Kier molecular flexibility index (Phi) is 13.3. The van der Waals surface area contributed by atoms with E-state index in [1.165, 1.54) is 12.1 Å². The standard InChI is InChI=1S/C75H43F6N9/c76-74(77,78)53-33-35-55(62(42-53)75(79,80)81)49-30-36-67(90-64-28-16-14-26-57(64)60-41-51(32-38-66(60)90)73-87-70(47-21-9-3-10-22-47)84-71(88-73)48-23-11-4-12-24-48)61(39-49)58-43-54(34-29-52(58)44-82)89-63-27-15-13-25-56(63)59-40-50(31-37-65(59)89)72-85-68(45-17-5-1-6-18-45)83-69(86-72)46-19-7-2-8-20-46/h1-43H. The van der Waals surface area contributed by atoms with Crippen LogP contribution in [0.4, 0.5) is 26.3 Å². The van der Waals surface area contributed by atoms with E-state index in [1.807, 2.05) is 223 Å². The van der Waals surface area contributed by atoms with Crippen molar-refractivity contribution >= 4 is 43.6 Å². The Morgan fingerprint density at radius 1 is 0.300 bits per heavy atom. The quantitative estimate of drug-likeness (QED) is 0.125. The van der Waals surface area contributed by atoms with Crippen LogP contribution in [0.2, 0.25) is 0 Å². The first-order chi connectivity index (χ1) is 43.8. The smallest absolute Gasteiger partial charge is 0.309 e. The zero-order chi connectivity index (χ0) is 61.3. The maximum atomic E-state index is 15.2. The van der Waals surface area contributed by atoms with Gasteiger partial charge >= 0.3 is 12.4 Å². The fraction of sp³-hybridized carbons (Fsp3) is 0.0267. The van der Waals surface area contributed by atoms with Crippen molar-refractivity contribution < 1.29 is 26.3 Å². The Hall–Kier alpha value is -11.9. The monoisotopic (exact) mass is 1180 g/mol. The summed E-state index contributed by atoms with van der Waals surface area (Å²) in [6.45, 7) is 0. The van der Waals surface area contributed by atoms with E-state index in [9.17, 15) is 18.4 Å². The van der Waals surface area contributed by atoms with E-state index in [-0.39, 0.29) is 17.2 Å². The SMILES string of the molecule is N#Cc1ccc(-n2c3ccccc3c3cc(-c4nc(-c5ccccc5)nc(-c5ccccc5)n4)ccc32)cc1-c1cc(-c2ccc(C(F)(F)F)cc2C(F)(F)F)ccc1-n1c2ccccc2c2cc(-c3nc(-c4ccccc4)nc(-c4ccccc4)n3)ccc21. The van der Waals surface area contributed by atoms with E-state index in [0.29, 0.717) is 80.1 Å². The Balaban J connectivity index is 0.938. The lowest BCUT2D eigenvalue weighted by Crippen LogP contribution is -2.12. The second kappa shape index (κ2) is 21.8. The molecule has 11 aromatic carbocycles. The molecule has 430 valence electrons. The first-order valence-corrected chi connectivity index (χ1v) is 28.6. The van der Waals surface area contributed by atoms with Crippen LogP contribution in [0.5, 0.6) is 0 Å². The number of nitriles is 1. The first-order valence-electron chi connectivity index (χ1n) is 28.6. The van der Waals surface area contributed by atoms with Crippen LogP contribution in [-0.2, 0) is 12.4 Å². The molecule has 0 saturated heterocycles. The maximum Gasteiger partial charge on any atom is 0.417 e. The molecule has 0 fully saturated rings. The molecule has 0 saturated carbocycles. The van der Waals surface area contributed by atoms with E-state index in [0.717, 1.165) is 66.5 Å². The molecule has 15 heteroatoms. The van der Waals surface area contributed by atoms with Gasteiger partial charge in [-0.25, -0.2) is 29.9 Å². The molecule has 90 heavy (non-hydrogen) atoms. The molecule has 0 amide bonds. The van der Waals surface area contributed by atoms with Gasteiger partial charge in [-0.05, 0) is 102 Å². The van der Waals surface area contributed by atoms with Crippen molar-refractivity contribution in [2.24, 2.45) is 0 Å². The Labute approximate surface area is 509 Å². The van der Waals surface area contributed by atoms with Crippen molar-refractivity contribution in [2.45, 2.75) is 12.4 Å². The van der Waals surface area contributed by atoms with Crippen molar-refractivity contribution in [3.8, 4) is 108 Å². The molecule has 15 aromatic rings. The number of halogens is 6. The van der Waals surface area contributed by atoms with Crippen LogP contribution in [0.25, 0.3) is 146 Å². The van der Waals surface area contributed by atoms with Crippen LogP contribution >= 0.6 is 0 Å². The number of hydrogen-bond acceptors (Lipinski definition) is 7. The molecule has 0 aliphatic heterocycles. The zero-order valence-electron chi connectivity index (χ0n) is 47.1. The summed E-state index contributed by atoms with van der Waals surface area (Å²) in [5, 5.41) is 14.5. The maximum absolute atomic E-state index is 15.2.